The molecule has 20 heavy (non-hydrogen) atoms. The highest BCUT2D eigenvalue weighted by Gasteiger charge is 2.68. The average molecular weight is 276 g/mol. The van der Waals surface area contributed by atoms with Crippen molar-refractivity contribution in [2.45, 2.75) is 39.7 Å². The molecule has 6 atom stereocenters. The predicted octanol–water partition coefficient (Wildman–Crippen LogP) is 1.31. The zero-order chi connectivity index (χ0) is 15.0. The Morgan fingerprint density at radius 1 is 1.35 bits per heavy atom. The summed E-state index contributed by atoms with van der Waals surface area (Å²) in [6.07, 6.45) is 2.11. The maximum absolute atomic E-state index is 12.6. The highest BCUT2D eigenvalue weighted by Crippen LogP contribution is 2.62. The molecular formula is C16H20O4. The minimum atomic E-state index is -1.55. The Balaban J connectivity index is 2.26. The number of fused-ring (bicyclic) bond motifs is 1. The first-order valence-electron chi connectivity index (χ1n) is 7.16. The first kappa shape index (κ1) is 13.7. The van der Waals surface area contributed by atoms with Gasteiger partial charge in [-0.1, -0.05) is 13.0 Å². The number of Topliss-reactive ketones (excluding diaryl/α,β-unsaturated/α-hetero) is 3. The van der Waals surface area contributed by atoms with E-state index >= 15 is 0 Å². The van der Waals surface area contributed by atoms with E-state index in [4.69, 9.17) is 0 Å². The van der Waals surface area contributed by atoms with Crippen LogP contribution >= 0.6 is 0 Å². The number of rotatable bonds is 1. The van der Waals surface area contributed by atoms with Crippen molar-refractivity contribution in [1.82, 2.24) is 0 Å². The monoisotopic (exact) mass is 276 g/mol. The van der Waals surface area contributed by atoms with Gasteiger partial charge in [-0.25, -0.2) is 0 Å². The van der Waals surface area contributed by atoms with Gasteiger partial charge < -0.3 is 5.11 Å². The molecular weight excluding hydrogens is 256 g/mol. The highest BCUT2D eigenvalue weighted by atomic mass is 16.3. The molecule has 0 heterocycles. The van der Waals surface area contributed by atoms with Crippen LogP contribution in [0.15, 0.2) is 11.6 Å². The van der Waals surface area contributed by atoms with Gasteiger partial charge in [-0.15, -0.1) is 0 Å². The number of hydrogen-bond donors (Lipinski definition) is 1. The van der Waals surface area contributed by atoms with Gasteiger partial charge in [-0.2, -0.15) is 0 Å². The summed E-state index contributed by atoms with van der Waals surface area (Å²) < 4.78 is 0. The molecule has 0 saturated heterocycles. The van der Waals surface area contributed by atoms with Crippen molar-refractivity contribution in [1.29, 1.82) is 0 Å². The summed E-state index contributed by atoms with van der Waals surface area (Å²) in [5.74, 6) is -1.15. The molecule has 4 heteroatoms. The number of hydrogen-bond acceptors (Lipinski definition) is 4. The number of ketones is 3. The van der Waals surface area contributed by atoms with Crippen LogP contribution in [0.3, 0.4) is 0 Å². The molecule has 1 N–H and O–H groups in total. The van der Waals surface area contributed by atoms with Crippen molar-refractivity contribution in [3.05, 3.63) is 11.6 Å². The van der Waals surface area contributed by atoms with E-state index in [2.05, 4.69) is 0 Å². The Hall–Kier alpha value is -1.29. The van der Waals surface area contributed by atoms with Gasteiger partial charge in [0.25, 0.3) is 0 Å². The molecule has 0 amide bonds. The molecule has 4 aliphatic carbocycles. The lowest BCUT2D eigenvalue weighted by molar-refractivity contribution is -0.169. The van der Waals surface area contributed by atoms with Crippen LogP contribution in [-0.2, 0) is 14.4 Å². The molecule has 0 aliphatic heterocycles. The van der Waals surface area contributed by atoms with Gasteiger partial charge in [0.2, 0.25) is 0 Å². The average Bonchev–Trinajstić information content (AvgIpc) is 2.64. The Morgan fingerprint density at radius 2 is 1.95 bits per heavy atom. The number of allylic oxidation sites excluding steroid dienone is 1. The maximum Gasteiger partial charge on any atom is 0.174 e. The van der Waals surface area contributed by atoms with Gasteiger partial charge in [0.1, 0.15) is 11.4 Å². The minimum absolute atomic E-state index is 0.0779. The second kappa shape index (κ2) is 3.67. The maximum atomic E-state index is 12.6. The van der Waals surface area contributed by atoms with E-state index in [-0.39, 0.29) is 35.1 Å². The summed E-state index contributed by atoms with van der Waals surface area (Å²) in [5.41, 5.74) is -1.92. The van der Waals surface area contributed by atoms with E-state index in [0.29, 0.717) is 12.0 Å². The van der Waals surface area contributed by atoms with Crippen molar-refractivity contribution in [2.24, 2.45) is 29.1 Å². The van der Waals surface area contributed by atoms with Crippen molar-refractivity contribution in [3.63, 3.8) is 0 Å². The molecule has 0 aromatic carbocycles. The quantitative estimate of drug-likeness (QED) is 0.784. The van der Waals surface area contributed by atoms with Crippen LogP contribution in [0.2, 0.25) is 0 Å². The van der Waals surface area contributed by atoms with Crippen LogP contribution in [0, 0.1) is 29.1 Å². The zero-order valence-corrected chi connectivity index (χ0v) is 12.3. The van der Waals surface area contributed by atoms with Crippen LogP contribution in [0.25, 0.3) is 0 Å². The summed E-state index contributed by atoms with van der Waals surface area (Å²) >= 11 is 0. The van der Waals surface area contributed by atoms with E-state index in [0.717, 1.165) is 0 Å². The Bertz CT molecular complexity index is 571. The van der Waals surface area contributed by atoms with Crippen molar-refractivity contribution < 1.29 is 19.5 Å². The molecule has 0 aromatic heterocycles. The lowest BCUT2D eigenvalue weighted by Gasteiger charge is -2.56. The van der Waals surface area contributed by atoms with Crippen molar-refractivity contribution >= 4 is 17.3 Å². The lowest BCUT2D eigenvalue weighted by Crippen LogP contribution is -2.65. The van der Waals surface area contributed by atoms with Crippen molar-refractivity contribution in [3.8, 4) is 0 Å². The first-order valence-corrected chi connectivity index (χ1v) is 7.16. The number of carbonyl (C=O) groups excluding carboxylic acids is 3. The third-order valence-corrected chi connectivity index (χ3v) is 5.88. The normalized spacial score (nSPS) is 50.1. The van der Waals surface area contributed by atoms with Crippen LogP contribution in [0.1, 0.15) is 34.1 Å². The summed E-state index contributed by atoms with van der Waals surface area (Å²) in [6.45, 7) is 6.59. The zero-order valence-electron chi connectivity index (χ0n) is 12.3. The minimum Gasteiger partial charge on any atom is -0.382 e. The molecule has 2 fully saturated rings. The second-order valence-corrected chi connectivity index (χ2v) is 7.04. The topological polar surface area (TPSA) is 71.4 Å². The summed E-state index contributed by atoms with van der Waals surface area (Å²) in [4.78, 5) is 36.7. The Morgan fingerprint density at radius 3 is 2.50 bits per heavy atom. The van der Waals surface area contributed by atoms with E-state index in [1.165, 1.54) is 13.8 Å². The molecule has 4 rings (SSSR count). The number of aliphatic hydroxyl groups is 1. The van der Waals surface area contributed by atoms with Gasteiger partial charge in [-0.05, 0) is 38.2 Å². The smallest absolute Gasteiger partial charge is 0.174 e. The summed E-state index contributed by atoms with van der Waals surface area (Å²) in [5, 5.41) is 10.7. The molecule has 2 bridgehead atoms. The Kier molecular flexibility index (Phi) is 2.51. The molecule has 4 nitrogen and oxygen atoms in total. The van der Waals surface area contributed by atoms with Crippen LogP contribution in [-0.4, -0.2) is 28.1 Å². The highest BCUT2D eigenvalue weighted by molar-refractivity contribution is 6.05. The third kappa shape index (κ3) is 1.33. The largest absolute Gasteiger partial charge is 0.382 e. The Labute approximate surface area is 118 Å². The van der Waals surface area contributed by atoms with E-state index in [1.807, 2.05) is 6.92 Å². The van der Waals surface area contributed by atoms with E-state index in [9.17, 15) is 19.5 Å². The molecule has 4 aliphatic rings. The predicted molar refractivity (Wildman–Crippen MR) is 71.8 cm³/mol. The summed E-state index contributed by atoms with van der Waals surface area (Å²) in [6, 6.07) is 0. The van der Waals surface area contributed by atoms with Crippen molar-refractivity contribution in [2.75, 3.05) is 0 Å². The molecule has 0 unspecified atom stereocenters. The fourth-order valence-electron chi connectivity index (χ4n) is 4.88. The van der Waals surface area contributed by atoms with Gasteiger partial charge >= 0.3 is 0 Å². The van der Waals surface area contributed by atoms with E-state index in [1.54, 1.807) is 13.0 Å². The molecule has 2 saturated carbocycles. The SMILES string of the molecule is CC(=O)C1=C[C@]2(C)C(=O)[C@](C)(O)[C@H]1[C@@H]1[C@@H](C)C(=O)C[C@@H]12. The van der Waals surface area contributed by atoms with Crippen LogP contribution < -0.4 is 0 Å². The molecule has 0 spiro atoms. The van der Waals surface area contributed by atoms with E-state index < -0.39 is 16.9 Å². The molecule has 0 aromatic rings. The van der Waals surface area contributed by atoms with Gasteiger partial charge in [0.05, 0.1) is 5.41 Å². The molecule has 0 radical (unpaired) electrons. The summed E-state index contributed by atoms with van der Waals surface area (Å²) in [7, 11) is 0. The third-order valence-electron chi connectivity index (χ3n) is 5.88. The lowest BCUT2D eigenvalue weighted by atomic mass is 9.46. The van der Waals surface area contributed by atoms with Gasteiger partial charge in [-0.3, -0.25) is 14.4 Å². The van der Waals surface area contributed by atoms with Crippen LogP contribution in [0.5, 0.6) is 0 Å². The fraction of sp³-hybridized carbons (Fsp3) is 0.688. The second-order valence-electron chi connectivity index (χ2n) is 7.04. The van der Waals surface area contributed by atoms with Gasteiger partial charge in [0, 0.05) is 18.3 Å². The van der Waals surface area contributed by atoms with Gasteiger partial charge in [0.15, 0.2) is 11.6 Å². The first-order chi connectivity index (χ1) is 9.12. The fourth-order valence-corrected chi connectivity index (χ4v) is 4.88. The standard InChI is InChI=1S/C16H20O4/c1-7-11(18)5-10-12(7)13-9(8(2)17)6-15(10,3)14(19)16(13,4)20/h6-7,10,12-13,20H,5H2,1-4H3/t7-,10-,12+,13+,15-,16+/m0/s1. The number of carbonyl (C=O) groups is 3. The van der Waals surface area contributed by atoms with Crippen LogP contribution in [0.4, 0.5) is 0 Å². The molecule has 108 valence electrons.